The highest BCUT2D eigenvalue weighted by Crippen LogP contribution is 2.24. The van der Waals surface area contributed by atoms with Crippen LogP contribution in [0.3, 0.4) is 0 Å². The van der Waals surface area contributed by atoms with Crippen LogP contribution in [0, 0.1) is 5.92 Å². The molecule has 0 bridgehead atoms. The molecule has 2 aromatic rings. The molecule has 22 heavy (non-hydrogen) atoms. The number of anilines is 1. The minimum absolute atomic E-state index is 0.0400. The van der Waals surface area contributed by atoms with Gasteiger partial charge in [-0.1, -0.05) is 19.3 Å². The number of carbonyl (C=O) groups excluding carboxylic acids is 1. The van der Waals surface area contributed by atoms with E-state index in [1.165, 1.54) is 12.7 Å². The van der Waals surface area contributed by atoms with Crippen molar-refractivity contribution in [3.63, 3.8) is 0 Å². The molecule has 1 aliphatic rings. The maximum atomic E-state index is 11.9. The lowest BCUT2D eigenvalue weighted by molar-refractivity contribution is -0.149. The van der Waals surface area contributed by atoms with E-state index >= 15 is 0 Å². The maximum Gasteiger partial charge on any atom is 0.308 e. The van der Waals surface area contributed by atoms with Crippen molar-refractivity contribution in [1.29, 1.82) is 0 Å². The highest BCUT2D eigenvalue weighted by molar-refractivity contribution is 5.81. The monoisotopic (exact) mass is 303 g/mol. The third kappa shape index (κ3) is 3.18. The Labute approximate surface area is 128 Å². The minimum atomic E-state index is -0.0400. The Bertz CT molecular complexity index is 648. The van der Waals surface area contributed by atoms with E-state index in [0.717, 1.165) is 32.1 Å². The summed E-state index contributed by atoms with van der Waals surface area (Å²) in [5, 5.41) is 0. The van der Waals surface area contributed by atoms with Crippen LogP contribution in [0.25, 0.3) is 11.2 Å². The van der Waals surface area contributed by atoms with E-state index < -0.39 is 0 Å². The van der Waals surface area contributed by atoms with Crippen molar-refractivity contribution in [3.8, 4) is 0 Å². The lowest BCUT2D eigenvalue weighted by atomic mass is 9.89. The summed E-state index contributed by atoms with van der Waals surface area (Å²) in [6.07, 6.45) is 9.32. The molecular weight excluding hydrogens is 282 g/mol. The fraction of sp³-hybridized carbons (Fsp3) is 0.600. The van der Waals surface area contributed by atoms with Gasteiger partial charge in [-0.05, 0) is 19.3 Å². The van der Waals surface area contributed by atoms with E-state index in [-0.39, 0.29) is 11.9 Å². The van der Waals surface area contributed by atoms with Crippen molar-refractivity contribution >= 4 is 23.0 Å². The molecule has 1 saturated carbocycles. The van der Waals surface area contributed by atoms with Crippen molar-refractivity contribution in [3.05, 3.63) is 12.7 Å². The Kier molecular flexibility index (Phi) is 4.50. The van der Waals surface area contributed by atoms with E-state index in [1.54, 1.807) is 6.33 Å². The summed E-state index contributed by atoms with van der Waals surface area (Å²) in [7, 11) is 0. The number of fused-ring (bicyclic) bond motifs is 1. The summed E-state index contributed by atoms with van der Waals surface area (Å²) in [5.41, 5.74) is 7.08. The Morgan fingerprint density at radius 3 is 2.91 bits per heavy atom. The zero-order valence-corrected chi connectivity index (χ0v) is 12.6. The summed E-state index contributed by atoms with van der Waals surface area (Å²) in [6.45, 7) is 1.11. The summed E-state index contributed by atoms with van der Waals surface area (Å²) in [4.78, 5) is 24.3. The molecule has 1 fully saturated rings. The lowest BCUT2D eigenvalue weighted by Gasteiger charge is -2.19. The molecule has 0 aromatic carbocycles. The van der Waals surface area contributed by atoms with Crippen LogP contribution < -0.4 is 5.73 Å². The first kappa shape index (κ1) is 14.7. The molecule has 7 heteroatoms. The Morgan fingerprint density at radius 1 is 1.27 bits per heavy atom. The highest BCUT2D eigenvalue weighted by atomic mass is 16.5. The van der Waals surface area contributed by atoms with E-state index in [9.17, 15) is 4.79 Å². The van der Waals surface area contributed by atoms with Crippen LogP contribution in [0.5, 0.6) is 0 Å². The van der Waals surface area contributed by atoms with Crippen LogP contribution in [0.2, 0.25) is 0 Å². The number of carbonyl (C=O) groups is 1. The molecule has 0 amide bonds. The third-order valence-electron chi connectivity index (χ3n) is 4.16. The molecule has 0 unspecified atom stereocenters. The molecule has 0 radical (unpaired) electrons. The van der Waals surface area contributed by atoms with Gasteiger partial charge in [-0.3, -0.25) is 4.79 Å². The normalized spacial score (nSPS) is 16.0. The predicted molar refractivity (Wildman–Crippen MR) is 81.9 cm³/mol. The van der Waals surface area contributed by atoms with E-state index in [1.807, 2.05) is 4.57 Å². The van der Waals surface area contributed by atoms with Gasteiger partial charge >= 0.3 is 5.97 Å². The van der Waals surface area contributed by atoms with Crippen molar-refractivity contribution in [2.75, 3.05) is 12.3 Å². The van der Waals surface area contributed by atoms with Crippen LogP contribution >= 0.6 is 0 Å². The van der Waals surface area contributed by atoms with Crippen molar-refractivity contribution < 1.29 is 9.53 Å². The topological polar surface area (TPSA) is 95.9 Å². The van der Waals surface area contributed by atoms with Gasteiger partial charge in [0.15, 0.2) is 11.5 Å². The molecule has 3 rings (SSSR count). The number of hydrogen-bond acceptors (Lipinski definition) is 6. The molecule has 2 N–H and O–H groups in total. The van der Waals surface area contributed by atoms with Crippen LogP contribution in [-0.2, 0) is 16.1 Å². The highest BCUT2D eigenvalue weighted by Gasteiger charge is 2.22. The first-order valence-electron chi connectivity index (χ1n) is 7.83. The van der Waals surface area contributed by atoms with E-state index in [2.05, 4.69) is 15.0 Å². The molecule has 7 nitrogen and oxygen atoms in total. The number of nitrogens with two attached hydrogens (primary N) is 1. The zero-order chi connectivity index (χ0) is 15.4. The summed E-state index contributed by atoms with van der Waals surface area (Å²) >= 11 is 0. The SMILES string of the molecule is Nc1ncnc2c1ncn2CCCOC(=O)C1CCCCC1. The molecule has 2 heterocycles. The number of aromatic nitrogens is 4. The molecule has 1 aliphatic carbocycles. The van der Waals surface area contributed by atoms with Gasteiger partial charge in [-0.15, -0.1) is 0 Å². The number of aryl methyl sites for hydroxylation is 1. The molecule has 0 spiro atoms. The summed E-state index contributed by atoms with van der Waals surface area (Å²) in [6, 6.07) is 0. The van der Waals surface area contributed by atoms with Gasteiger partial charge in [0.05, 0.1) is 18.9 Å². The third-order valence-corrected chi connectivity index (χ3v) is 4.16. The molecule has 118 valence electrons. The number of rotatable bonds is 5. The number of nitrogens with zero attached hydrogens (tertiary/aromatic N) is 4. The van der Waals surface area contributed by atoms with Crippen LogP contribution in [0.1, 0.15) is 38.5 Å². The van der Waals surface area contributed by atoms with Gasteiger partial charge < -0.3 is 15.0 Å². The second-order valence-corrected chi connectivity index (χ2v) is 5.73. The number of hydrogen-bond donors (Lipinski definition) is 1. The number of esters is 1. The second kappa shape index (κ2) is 6.72. The van der Waals surface area contributed by atoms with Gasteiger partial charge in [0.25, 0.3) is 0 Å². The van der Waals surface area contributed by atoms with Crippen LogP contribution in [-0.4, -0.2) is 32.1 Å². The Balaban J connectivity index is 1.48. The molecule has 0 aliphatic heterocycles. The lowest BCUT2D eigenvalue weighted by Crippen LogP contribution is -2.21. The average molecular weight is 303 g/mol. The number of imidazole rings is 1. The molecular formula is C15H21N5O2. The smallest absolute Gasteiger partial charge is 0.308 e. The van der Waals surface area contributed by atoms with Gasteiger partial charge in [0.1, 0.15) is 11.8 Å². The van der Waals surface area contributed by atoms with Gasteiger partial charge in [-0.25, -0.2) is 15.0 Å². The zero-order valence-electron chi connectivity index (χ0n) is 12.6. The number of ether oxygens (including phenoxy) is 1. The average Bonchev–Trinajstić information content (AvgIpc) is 2.97. The van der Waals surface area contributed by atoms with E-state index in [0.29, 0.717) is 30.1 Å². The molecule has 2 aromatic heterocycles. The van der Waals surface area contributed by atoms with Crippen molar-refractivity contribution in [2.24, 2.45) is 5.92 Å². The fourth-order valence-electron chi connectivity index (χ4n) is 2.93. The van der Waals surface area contributed by atoms with Gasteiger partial charge in [0, 0.05) is 6.54 Å². The maximum absolute atomic E-state index is 11.9. The quantitative estimate of drug-likeness (QED) is 0.669. The van der Waals surface area contributed by atoms with Crippen molar-refractivity contribution in [1.82, 2.24) is 19.5 Å². The van der Waals surface area contributed by atoms with Gasteiger partial charge in [0.2, 0.25) is 0 Å². The molecule has 0 atom stereocenters. The standard InChI is InChI=1S/C15H21N5O2/c16-13-12-14(18-9-17-13)20(10-19-12)7-4-8-22-15(21)11-5-2-1-3-6-11/h9-11H,1-8H2,(H2,16,17,18). The fourth-order valence-corrected chi connectivity index (χ4v) is 2.93. The Hall–Kier alpha value is -2.18. The summed E-state index contributed by atoms with van der Waals surface area (Å²) < 4.78 is 7.29. The van der Waals surface area contributed by atoms with Crippen LogP contribution in [0.4, 0.5) is 5.82 Å². The predicted octanol–water partition coefficient (Wildman–Crippen LogP) is 1.92. The Morgan fingerprint density at radius 2 is 2.09 bits per heavy atom. The molecule has 0 saturated heterocycles. The van der Waals surface area contributed by atoms with Gasteiger partial charge in [-0.2, -0.15) is 0 Å². The van der Waals surface area contributed by atoms with Crippen LogP contribution in [0.15, 0.2) is 12.7 Å². The minimum Gasteiger partial charge on any atom is -0.465 e. The number of nitrogen functional groups attached to an aromatic ring is 1. The first-order chi connectivity index (χ1) is 10.8. The van der Waals surface area contributed by atoms with E-state index in [4.69, 9.17) is 10.5 Å². The largest absolute Gasteiger partial charge is 0.465 e. The van der Waals surface area contributed by atoms with Crippen molar-refractivity contribution in [2.45, 2.75) is 45.1 Å². The first-order valence-corrected chi connectivity index (χ1v) is 7.83. The summed E-state index contributed by atoms with van der Waals surface area (Å²) in [5.74, 6) is 0.449. The second-order valence-electron chi connectivity index (χ2n) is 5.73.